The highest BCUT2D eigenvalue weighted by atomic mass is 35.7. The summed E-state index contributed by atoms with van der Waals surface area (Å²) >= 11 is 0. The fourth-order valence-electron chi connectivity index (χ4n) is 0.239. The van der Waals surface area contributed by atoms with Crippen LogP contribution in [0.4, 0.5) is 0 Å². The van der Waals surface area contributed by atoms with Gasteiger partial charge in [-0.05, 0) is 6.92 Å². The van der Waals surface area contributed by atoms with E-state index < -0.39 is 9.24 Å². The highest BCUT2D eigenvalue weighted by molar-refractivity contribution is 8.12. The molecule has 0 saturated heterocycles. The van der Waals surface area contributed by atoms with Crippen molar-refractivity contribution in [2.24, 2.45) is 4.40 Å². The lowest BCUT2D eigenvalue weighted by Gasteiger charge is -2.08. The van der Waals surface area contributed by atoms with Gasteiger partial charge in [-0.15, -0.1) is 4.40 Å². The van der Waals surface area contributed by atoms with Gasteiger partial charge in [0.05, 0.1) is 0 Å². The first-order chi connectivity index (χ1) is 4.33. The van der Waals surface area contributed by atoms with E-state index in [2.05, 4.69) is 4.40 Å². The minimum absolute atomic E-state index is 0.356. The van der Waals surface area contributed by atoms with Gasteiger partial charge >= 0.3 is 9.24 Å². The molecule has 60 valence electrons. The molecule has 0 aromatic carbocycles. The van der Waals surface area contributed by atoms with E-state index in [9.17, 15) is 8.42 Å². The molecule has 0 bridgehead atoms. The lowest BCUT2D eigenvalue weighted by atomic mass is 10.6. The summed E-state index contributed by atoms with van der Waals surface area (Å²) in [5, 5.41) is 0. The van der Waals surface area contributed by atoms with Crippen LogP contribution in [0.25, 0.3) is 0 Å². The summed E-state index contributed by atoms with van der Waals surface area (Å²) in [6.45, 7) is 1.56. The molecular weight excluding hydrogens is 176 g/mol. The number of hydrogen-bond acceptors (Lipinski definition) is 2. The van der Waals surface area contributed by atoms with Gasteiger partial charge in [0.2, 0.25) is 0 Å². The van der Waals surface area contributed by atoms with Crippen LogP contribution < -0.4 is 0 Å². The molecule has 0 aliphatic carbocycles. The average Bonchev–Trinajstić information content (AvgIpc) is 1.60. The van der Waals surface area contributed by atoms with E-state index in [4.69, 9.17) is 10.7 Å². The number of halogens is 1. The second kappa shape index (κ2) is 3.21. The van der Waals surface area contributed by atoms with E-state index in [0.29, 0.717) is 5.84 Å². The molecule has 0 aliphatic rings. The summed E-state index contributed by atoms with van der Waals surface area (Å²) in [5.74, 6) is 0.356. The average molecular weight is 185 g/mol. The number of nitrogens with zero attached hydrogens (tertiary/aromatic N) is 2. The summed E-state index contributed by atoms with van der Waals surface area (Å²) in [4.78, 5) is 1.56. The molecule has 0 atom stereocenters. The maximum absolute atomic E-state index is 10.3. The third kappa shape index (κ3) is 4.58. The summed E-state index contributed by atoms with van der Waals surface area (Å²) in [7, 11) is 4.44. The molecule has 0 amide bonds. The molecule has 0 fully saturated rings. The molecule has 0 spiro atoms. The van der Waals surface area contributed by atoms with Crippen molar-refractivity contribution < 1.29 is 8.42 Å². The van der Waals surface area contributed by atoms with Gasteiger partial charge in [-0.25, -0.2) is 0 Å². The van der Waals surface area contributed by atoms with Crippen LogP contribution >= 0.6 is 10.7 Å². The van der Waals surface area contributed by atoms with Gasteiger partial charge in [-0.3, -0.25) is 0 Å². The van der Waals surface area contributed by atoms with Gasteiger partial charge in [0, 0.05) is 24.8 Å². The molecule has 0 aliphatic heterocycles. The van der Waals surface area contributed by atoms with E-state index in [1.165, 1.54) is 0 Å². The van der Waals surface area contributed by atoms with Crippen molar-refractivity contribution in [3.8, 4) is 0 Å². The normalized spacial score (nSPS) is 13.4. The van der Waals surface area contributed by atoms with E-state index in [1.807, 2.05) is 0 Å². The third-order valence-electron chi connectivity index (χ3n) is 0.888. The molecule has 6 heteroatoms. The molecule has 0 heterocycles. The van der Waals surface area contributed by atoms with Gasteiger partial charge in [0.25, 0.3) is 0 Å². The second-order valence-corrected chi connectivity index (χ2v) is 4.12. The Hall–Kier alpha value is -0.290. The van der Waals surface area contributed by atoms with Crippen LogP contribution in [-0.2, 0) is 9.24 Å². The topological polar surface area (TPSA) is 49.7 Å². The van der Waals surface area contributed by atoms with Crippen molar-refractivity contribution in [3.05, 3.63) is 0 Å². The van der Waals surface area contributed by atoms with Crippen LogP contribution in [0.5, 0.6) is 0 Å². The lowest BCUT2D eigenvalue weighted by molar-refractivity contribution is 0.601. The predicted molar refractivity (Wildman–Crippen MR) is 41.6 cm³/mol. The van der Waals surface area contributed by atoms with Crippen molar-refractivity contribution in [2.75, 3.05) is 14.1 Å². The zero-order chi connectivity index (χ0) is 8.36. The molecule has 0 unspecified atom stereocenters. The molecule has 0 rings (SSSR count). The van der Waals surface area contributed by atoms with Gasteiger partial charge in [-0.2, -0.15) is 8.42 Å². The first-order valence-corrected chi connectivity index (χ1v) is 4.78. The van der Waals surface area contributed by atoms with E-state index in [1.54, 1.807) is 25.9 Å². The smallest absolute Gasteiger partial charge is 0.341 e. The van der Waals surface area contributed by atoms with Crippen LogP contribution in [0, 0.1) is 0 Å². The van der Waals surface area contributed by atoms with Crippen molar-refractivity contribution in [3.63, 3.8) is 0 Å². The predicted octanol–water partition coefficient (Wildman–Crippen LogP) is 0.450. The van der Waals surface area contributed by atoms with Crippen LogP contribution in [0.1, 0.15) is 6.92 Å². The minimum atomic E-state index is -3.75. The van der Waals surface area contributed by atoms with Crippen molar-refractivity contribution >= 4 is 25.8 Å². The van der Waals surface area contributed by atoms with Crippen LogP contribution in [0.2, 0.25) is 0 Å². The summed E-state index contributed by atoms with van der Waals surface area (Å²) in [6.07, 6.45) is 0. The Labute approximate surface area is 65.1 Å². The molecule has 0 aromatic heterocycles. The fraction of sp³-hybridized carbons (Fsp3) is 0.750. The first-order valence-electron chi connectivity index (χ1n) is 2.51. The maximum atomic E-state index is 10.3. The third-order valence-corrected chi connectivity index (χ3v) is 1.58. The SMILES string of the molecule is C/C(=N\S(=O)(=O)Cl)N(C)C. The molecule has 0 radical (unpaired) electrons. The van der Waals surface area contributed by atoms with Crippen LogP contribution in [0.3, 0.4) is 0 Å². The lowest BCUT2D eigenvalue weighted by Crippen LogP contribution is -2.18. The Morgan fingerprint density at radius 2 is 1.90 bits per heavy atom. The van der Waals surface area contributed by atoms with Gasteiger partial charge in [-0.1, -0.05) is 0 Å². The highest BCUT2D eigenvalue weighted by Gasteiger charge is 2.02. The van der Waals surface area contributed by atoms with Gasteiger partial charge in [0.15, 0.2) is 0 Å². The number of hydrogen-bond donors (Lipinski definition) is 0. The number of rotatable bonds is 1. The Morgan fingerprint density at radius 3 is 2.00 bits per heavy atom. The summed E-state index contributed by atoms with van der Waals surface area (Å²) in [5.41, 5.74) is 0. The van der Waals surface area contributed by atoms with Crippen molar-refractivity contribution in [2.45, 2.75) is 6.92 Å². The Bertz CT molecular complexity index is 232. The van der Waals surface area contributed by atoms with Gasteiger partial charge in [0.1, 0.15) is 5.84 Å². The Balaban J connectivity index is 4.49. The Kier molecular flexibility index (Phi) is 3.11. The first kappa shape index (κ1) is 9.71. The largest absolute Gasteiger partial charge is 0.366 e. The Morgan fingerprint density at radius 1 is 1.50 bits per heavy atom. The highest BCUT2D eigenvalue weighted by Crippen LogP contribution is 1.98. The molecule has 0 aromatic rings. The molecule has 10 heavy (non-hydrogen) atoms. The van der Waals surface area contributed by atoms with E-state index >= 15 is 0 Å². The van der Waals surface area contributed by atoms with E-state index in [-0.39, 0.29) is 0 Å². The molecular formula is C4H9ClN2O2S. The molecule has 0 N–H and O–H groups in total. The zero-order valence-electron chi connectivity index (χ0n) is 6.00. The standard InChI is InChI=1S/C4H9ClN2O2S/c1-4(7(2)3)6-10(5,8)9/h1-3H3/b6-4+. The van der Waals surface area contributed by atoms with Crippen LogP contribution in [-0.4, -0.2) is 33.2 Å². The molecule has 0 saturated carbocycles. The van der Waals surface area contributed by atoms with Crippen molar-refractivity contribution in [1.29, 1.82) is 0 Å². The summed E-state index contributed by atoms with van der Waals surface area (Å²) in [6, 6.07) is 0. The maximum Gasteiger partial charge on any atom is 0.341 e. The van der Waals surface area contributed by atoms with E-state index in [0.717, 1.165) is 0 Å². The minimum Gasteiger partial charge on any atom is -0.366 e. The van der Waals surface area contributed by atoms with Gasteiger partial charge < -0.3 is 4.90 Å². The van der Waals surface area contributed by atoms with Crippen molar-refractivity contribution in [1.82, 2.24) is 4.90 Å². The zero-order valence-corrected chi connectivity index (χ0v) is 7.57. The fourth-order valence-corrected chi connectivity index (χ4v) is 1.02. The molecule has 4 nitrogen and oxygen atoms in total. The second-order valence-electron chi connectivity index (χ2n) is 1.95. The number of amidine groups is 1. The summed E-state index contributed by atoms with van der Waals surface area (Å²) < 4.78 is 23.8. The monoisotopic (exact) mass is 184 g/mol. The van der Waals surface area contributed by atoms with Crippen LogP contribution in [0.15, 0.2) is 4.40 Å². The quantitative estimate of drug-likeness (QED) is 0.338.